The molecule has 1 atom stereocenters. The first-order valence-corrected chi connectivity index (χ1v) is 10.6. The van der Waals surface area contributed by atoms with Crippen molar-refractivity contribution in [3.05, 3.63) is 66.5 Å². The molecule has 1 unspecified atom stereocenters. The summed E-state index contributed by atoms with van der Waals surface area (Å²) in [6, 6.07) is 12.8. The fraction of sp³-hybridized carbons (Fsp3) is 0.150. The number of rotatable bonds is 7. The molecule has 30 heavy (non-hydrogen) atoms. The van der Waals surface area contributed by atoms with Gasteiger partial charge in [-0.1, -0.05) is 6.07 Å². The molecule has 0 aliphatic heterocycles. The molecule has 10 heteroatoms. The van der Waals surface area contributed by atoms with Gasteiger partial charge in [0.1, 0.15) is 0 Å². The van der Waals surface area contributed by atoms with Gasteiger partial charge in [0.05, 0.1) is 11.5 Å². The Balaban J connectivity index is 1.65. The van der Waals surface area contributed by atoms with Crippen molar-refractivity contribution >= 4 is 39.1 Å². The molecule has 156 valence electrons. The molecule has 0 spiro atoms. The van der Waals surface area contributed by atoms with Crippen molar-refractivity contribution < 1.29 is 13.2 Å². The molecule has 0 aliphatic rings. The number of nitrogens with one attached hydrogen (secondary N) is 4. The van der Waals surface area contributed by atoms with Gasteiger partial charge in [0.25, 0.3) is 0 Å². The number of carbonyl (C=O) groups is 1. The topological polar surface area (TPSA) is 129 Å². The summed E-state index contributed by atoms with van der Waals surface area (Å²) in [7, 11) is -3.28. The minimum absolute atomic E-state index is 0.175. The van der Waals surface area contributed by atoms with Crippen molar-refractivity contribution in [3.8, 4) is 0 Å². The molecule has 0 bridgehead atoms. The van der Waals surface area contributed by atoms with Crippen LogP contribution in [-0.4, -0.2) is 26.8 Å². The maximum atomic E-state index is 12.3. The molecule has 0 saturated carbocycles. The van der Waals surface area contributed by atoms with Crippen molar-refractivity contribution in [1.29, 1.82) is 4.78 Å². The van der Waals surface area contributed by atoms with Crippen molar-refractivity contribution in [3.63, 3.8) is 0 Å². The van der Waals surface area contributed by atoms with Gasteiger partial charge in [0, 0.05) is 29.5 Å². The van der Waals surface area contributed by atoms with Gasteiger partial charge in [-0.25, -0.2) is 23.8 Å². The molecular formula is C20H22N6O3S. The third-order valence-corrected chi connectivity index (χ3v) is 5.47. The lowest BCUT2D eigenvalue weighted by Gasteiger charge is -2.12. The van der Waals surface area contributed by atoms with Gasteiger partial charge in [-0.2, -0.15) is 0 Å². The van der Waals surface area contributed by atoms with E-state index in [-0.39, 0.29) is 11.5 Å². The zero-order valence-electron chi connectivity index (χ0n) is 16.5. The van der Waals surface area contributed by atoms with Crippen LogP contribution in [0, 0.1) is 11.7 Å². The van der Waals surface area contributed by atoms with Crippen LogP contribution in [-0.2, 0) is 14.2 Å². The Morgan fingerprint density at radius 3 is 2.37 bits per heavy atom. The van der Waals surface area contributed by atoms with Crippen LogP contribution in [0.5, 0.6) is 0 Å². The summed E-state index contributed by atoms with van der Waals surface area (Å²) in [5, 5.41) is 8.57. The smallest absolute Gasteiger partial charge is 0.323 e. The van der Waals surface area contributed by atoms with E-state index in [1.807, 2.05) is 13.0 Å². The highest BCUT2D eigenvalue weighted by atomic mass is 32.2. The van der Waals surface area contributed by atoms with Crippen LogP contribution >= 0.6 is 0 Å². The highest BCUT2D eigenvalue weighted by molar-refractivity contribution is 7.87. The number of urea groups is 1. The number of aromatic nitrogens is 2. The summed E-state index contributed by atoms with van der Waals surface area (Å²) in [4.78, 5) is 20.8. The number of hydrogen-bond donors (Lipinski definition) is 4. The van der Waals surface area contributed by atoms with Gasteiger partial charge in [0.2, 0.25) is 5.95 Å². The zero-order chi connectivity index (χ0) is 21.6. The molecule has 0 aliphatic carbocycles. The third-order valence-electron chi connectivity index (χ3n) is 4.01. The lowest BCUT2D eigenvalue weighted by atomic mass is 10.2. The summed E-state index contributed by atoms with van der Waals surface area (Å²) < 4.78 is 24.8. The molecule has 3 aromatic rings. The Bertz CT molecular complexity index is 1120. The first-order chi connectivity index (χ1) is 14.4. The quantitative estimate of drug-likeness (QED) is 0.439. The Morgan fingerprint density at radius 2 is 1.70 bits per heavy atom. The molecule has 0 radical (unpaired) electrons. The second kappa shape index (κ2) is 9.33. The Morgan fingerprint density at radius 1 is 1.07 bits per heavy atom. The molecule has 2 aromatic carbocycles. The van der Waals surface area contributed by atoms with E-state index >= 15 is 0 Å². The highest BCUT2D eigenvalue weighted by Gasteiger charge is 2.11. The molecule has 3 rings (SSSR count). The largest absolute Gasteiger partial charge is 0.324 e. The number of amides is 2. The van der Waals surface area contributed by atoms with Crippen LogP contribution in [0.25, 0.3) is 0 Å². The molecule has 9 nitrogen and oxygen atoms in total. The Hall–Kier alpha value is -3.50. The molecule has 1 aromatic heterocycles. The SMILES string of the molecule is CCOS(=N)(=O)c1ccc(NC(=O)Nc2ccc(C)c(Nc3ncccn3)c2)cc1. The van der Waals surface area contributed by atoms with Crippen LogP contribution < -0.4 is 16.0 Å². The van der Waals surface area contributed by atoms with Crippen LogP contribution in [0.2, 0.25) is 0 Å². The van der Waals surface area contributed by atoms with E-state index in [0.29, 0.717) is 17.3 Å². The van der Waals surface area contributed by atoms with Crippen molar-refractivity contribution in [2.45, 2.75) is 18.7 Å². The fourth-order valence-corrected chi connectivity index (χ4v) is 3.53. The minimum Gasteiger partial charge on any atom is -0.324 e. The van der Waals surface area contributed by atoms with Crippen molar-refractivity contribution in [1.82, 2.24) is 9.97 Å². The first kappa shape index (κ1) is 21.2. The van der Waals surface area contributed by atoms with Gasteiger partial charge in [-0.3, -0.25) is 4.18 Å². The Labute approximate surface area is 175 Å². The first-order valence-electron chi connectivity index (χ1n) is 9.13. The lowest BCUT2D eigenvalue weighted by molar-refractivity contribution is 0.262. The highest BCUT2D eigenvalue weighted by Crippen LogP contribution is 2.23. The second-order valence-electron chi connectivity index (χ2n) is 6.24. The summed E-state index contributed by atoms with van der Waals surface area (Å²) in [5.74, 6) is 0.459. The van der Waals surface area contributed by atoms with Gasteiger partial charge in [-0.15, -0.1) is 0 Å². The number of benzene rings is 2. The Kier molecular flexibility index (Phi) is 6.60. The lowest BCUT2D eigenvalue weighted by Crippen LogP contribution is -2.19. The van der Waals surface area contributed by atoms with E-state index in [2.05, 4.69) is 25.9 Å². The average molecular weight is 427 g/mol. The monoisotopic (exact) mass is 426 g/mol. The summed E-state index contributed by atoms with van der Waals surface area (Å²) in [5.41, 5.74) is 2.81. The zero-order valence-corrected chi connectivity index (χ0v) is 17.3. The molecule has 1 heterocycles. The average Bonchev–Trinajstić information content (AvgIpc) is 2.71. The summed E-state index contributed by atoms with van der Waals surface area (Å²) in [6.07, 6.45) is 3.28. The third kappa shape index (κ3) is 5.52. The van der Waals surface area contributed by atoms with Crippen molar-refractivity contribution in [2.24, 2.45) is 0 Å². The van der Waals surface area contributed by atoms with Crippen LogP contribution in [0.4, 0.5) is 27.8 Å². The summed E-state index contributed by atoms with van der Waals surface area (Å²) in [6.45, 7) is 3.78. The normalized spacial score (nSPS) is 12.6. The molecular weight excluding hydrogens is 404 g/mol. The van der Waals surface area contributed by atoms with E-state index in [1.165, 1.54) is 12.1 Å². The maximum absolute atomic E-state index is 12.3. The maximum Gasteiger partial charge on any atom is 0.323 e. The van der Waals surface area contributed by atoms with E-state index in [1.54, 1.807) is 49.6 Å². The van der Waals surface area contributed by atoms with E-state index in [4.69, 9.17) is 8.96 Å². The van der Waals surface area contributed by atoms with E-state index < -0.39 is 16.0 Å². The van der Waals surface area contributed by atoms with Crippen LogP contribution in [0.15, 0.2) is 65.8 Å². The molecule has 0 saturated heterocycles. The minimum atomic E-state index is -3.28. The summed E-state index contributed by atoms with van der Waals surface area (Å²) >= 11 is 0. The van der Waals surface area contributed by atoms with Gasteiger partial charge in [-0.05, 0) is 61.9 Å². The second-order valence-corrected chi connectivity index (χ2v) is 7.95. The molecule has 0 fully saturated rings. The number of carbonyl (C=O) groups excluding carboxylic acids is 1. The molecule has 4 N–H and O–H groups in total. The number of nitrogens with zero attached hydrogens (tertiary/aromatic N) is 2. The van der Waals surface area contributed by atoms with Crippen LogP contribution in [0.1, 0.15) is 12.5 Å². The van der Waals surface area contributed by atoms with Gasteiger partial charge in [0.15, 0.2) is 10.0 Å². The number of hydrogen-bond acceptors (Lipinski definition) is 7. The van der Waals surface area contributed by atoms with Crippen LogP contribution in [0.3, 0.4) is 0 Å². The van der Waals surface area contributed by atoms with Gasteiger partial charge >= 0.3 is 6.03 Å². The number of anilines is 4. The van der Waals surface area contributed by atoms with Crippen molar-refractivity contribution in [2.75, 3.05) is 22.6 Å². The van der Waals surface area contributed by atoms with Gasteiger partial charge < -0.3 is 16.0 Å². The fourth-order valence-electron chi connectivity index (χ4n) is 2.56. The standard InChI is InChI=1S/C20H22N6O3S/c1-3-29-30(21,28)17-9-7-15(8-10-17)24-20(27)25-16-6-5-14(2)18(13-16)26-19-22-11-4-12-23-19/h4-13,21H,3H2,1-2H3,(H,22,23,26)(H2,24,25,27). The van der Waals surface area contributed by atoms with E-state index in [0.717, 1.165) is 11.3 Å². The molecule has 2 amide bonds. The predicted octanol–water partition coefficient (Wildman–Crippen LogP) is 4.53. The number of aryl methyl sites for hydroxylation is 1. The predicted molar refractivity (Wildman–Crippen MR) is 116 cm³/mol. The van der Waals surface area contributed by atoms with E-state index in [9.17, 15) is 9.00 Å².